The molecule has 27 heavy (non-hydrogen) atoms. The van der Waals surface area contributed by atoms with Gasteiger partial charge in [0, 0.05) is 26.2 Å². The zero-order valence-electron chi connectivity index (χ0n) is 14.5. The molecule has 1 aliphatic rings. The molecule has 1 aliphatic heterocycles. The predicted molar refractivity (Wildman–Crippen MR) is 107 cm³/mol. The van der Waals surface area contributed by atoms with Gasteiger partial charge in [0.15, 0.2) is 5.69 Å². The van der Waals surface area contributed by atoms with E-state index in [1.54, 1.807) is 11.3 Å². The molecule has 3 aromatic heterocycles. The second-order valence-corrected chi connectivity index (χ2v) is 7.41. The van der Waals surface area contributed by atoms with Crippen LogP contribution in [0.25, 0.3) is 10.2 Å². The number of thiophene rings is 1. The Morgan fingerprint density at radius 1 is 1.22 bits per heavy atom. The van der Waals surface area contributed by atoms with Gasteiger partial charge in [0.05, 0.1) is 16.6 Å². The number of hydrogen-bond acceptors (Lipinski definition) is 8. The quantitative estimate of drug-likeness (QED) is 0.610. The summed E-state index contributed by atoms with van der Waals surface area (Å²) in [6.07, 6.45) is 5.24. The normalized spacial score (nSPS) is 13.9. The highest BCUT2D eigenvalue weighted by molar-refractivity contribution is 7.16. The molecule has 4 heterocycles. The van der Waals surface area contributed by atoms with Gasteiger partial charge >= 0.3 is 0 Å². The van der Waals surface area contributed by atoms with Crippen molar-refractivity contribution in [3.63, 3.8) is 0 Å². The van der Waals surface area contributed by atoms with Crippen LogP contribution >= 0.6 is 22.9 Å². The van der Waals surface area contributed by atoms with E-state index in [1.807, 2.05) is 11.4 Å². The van der Waals surface area contributed by atoms with Gasteiger partial charge in [-0.05, 0) is 24.3 Å². The first-order valence-electron chi connectivity index (χ1n) is 8.70. The minimum Gasteiger partial charge on any atom is -0.368 e. The summed E-state index contributed by atoms with van der Waals surface area (Å²) in [5, 5.41) is 9.25. The summed E-state index contributed by atoms with van der Waals surface area (Å²) in [5.41, 5.74) is 0.204. The number of amides is 1. The van der Waals surface area contributed by atoms with E-state index in [0.29, 0.717) is 19.0 Å². The topological polar surface area (TPSA) is 95.9 Å². The van der Waals surface area contributed by atoms with Crippen LogP contribution in [0.5, 0.6) is 0 Å². The number of nitrogens with one attached hydrogen (secondary N) is 2. The van der Waals surface area contributed by atoms with Crippen LogP contribution in [0.4, 0.5) is 11.8 Å². The molecular weight excluding hydrogens is 386 g/mol. The molecule has 0 aromatic carbocycles. The van der Waals surface area contributed by atoms with Crippen molar-refractivity contribution in [2.24, 2.45) is 0 Å². The fourth-order valence-corrected chi connectivity index (χ4v) is 3.87. The van der Waals surface area contributed by atoms with E-state index >= 15 is 0 Å². The van der Waals surface area contributed by atoms with Crippen LogP contribution in [-0.2, 0) is 0 Å². The molecule has 0 unspecified atom stereocenters. The van der Waals surface area contributed by atoms with Gasteiger partial charge in [-0.2, -0.15) is 0 Å². The Morgan fingerprint density at radius 2 is 2.07 bits per heavy atom. The molecule has 1 saturated heterocycles. The van der Waals surface area contributed by atoms with E-state index in [4.69, 9.17) is 11.6 Å². The first-order valence-corrected chi connectivity index (χ1v) is 9.96. The number of carbonyl (C=O) groups excluding carboxylic acids is 1. The summed E-state index contributed by atoms with van der Waals surface area (Å²) in [7, 11) is 0. The number of carbonyl (C=O) groups is 1. The summed E-state index contributed by atoms with van der Waals surface area (Å²) >= 11 is 7.69. The van der Waals surface area contributed by atoms with Gasteiger partial charge in [-0.3, -0.25) is 4.79 Å². The van der Waals surface area contributed by atoms with Crippen molar-refractivity contribution in [1.82, 2.24) is 25.3 Å². The monoisotopic (exact) mass is 403 g/mol. The lowest BCUT2D eigenvalue weighted by Crippen LogP contribution is -2.30. The summed E-state index contributed by atoms with van der Waals surface area (Å²) in [4.78, 5) is 32.5. The minimum absolute atomic E-state index is 0.204. The number of anilines is 2. The van der Waals surface area contributed by atoms with Crippen LogP contribution in [0.1, 0.15) is 23.3 Å². The van der Waals surface area contributed by atoms with Crippen molar-refractivity contribution in [2.45, 2.75) is 12.8 Å². The molecule has 0 bridgehead atoms. The standard InChI is InChI=1S/C17H18ClN7OS/c18-12-9-21-17(25-6-1-2-7-25)24-13(12)15(26)20-5-4-19-14-11-3-8-27-16(11)23-10-22-14/h3,8-10H,1-2,4-7H2,(H,20,26)(H,19,22,23). The summed E-state index contributed by atoms with van der Waals surface area (Å²) in [6, 6.07) is 1.97. The van der Waals surface area contributed by atoms with Gasteiger partial charge in [0.2, 0.25) is 5.95 Å². The fourth-order valence-electron chi connectivity index (χ4n) is 2.96. The zero-order valence-corrected chi connectivity index (χ0v) is 16.1. The third-order valence-electron chi connectivity index (χ3n) is 4.30. The number of halogens is 1. The first kappa shape index (κ1) is 17.9. The average Bonchev–Trinajstić information content (AvgIpc) is 3.37. The molecule has 4 rings (SSSR count). The molecule has 1 amide bonds. The Hall–Kier alpha value is -2.52. The maximum Gasteiger partial charge on any atom is 0.271 e. The fraction of sp³-hybridized carbons (Fsp3) is 0.353. The number of fused-ring (bicyclic) bond motifs is 1. The van der Waals surface area contributed by atoms with Crippen LogP contribution in [0.3, 0.4) is 0 Å². The lowest BCUT2D eigenvalue weighted by Gasteiger charge is -2.16. The van der Waals surface area contributed by atoms with Gasteiger partial charge in [0.25, 0.3) is 5.91 Å². The van der Waals surface area contributed by atoms with Crippen molar-refractivity contribution < 1.29 is 4.79 Å². The summed E-state index contributed by atoms with van der Waals surface area (Å²) in [6.45, 7) is 2.74. The molecule has 0 spiro atoms. The molecule has 140 valence electrons. The van der Waals surface area contributed by atoms with Gasteiger partial charge < -0.3 is 15.5 Å². The van der Waals surface area contributed by atoms with Crippen molar-refractivity contribution in [1.29, 1.82) is 0 Å². The lowest BCUT2D eigenvalue weighted by molar-refractivity contribution is 0.0950. The smallest absolute Gasteiger partial charge is 0.271 e. The molecule has 0 aliphatic carbocycles. The maximum absolute atomic E-state index is 12.5. The molecule has 1 fully saturated rings. The van der Waals surface area contributed by atoms with E-state index in [2.05, 4.69) is 35.5 Å². The van der Waals surface area contributed by atoms with Gasteiger partial charge in [-0.15, -0.1) is 11.3 Å². The van der Waals surface area contributed by atoms with E-state index in [9.17, 15) is 4.79 Å². The first-order chi connectivity index (χ1) is 13.2. The third kappa shape index (κ3) is 3.93. The highest BCUT2D eigenvalue weighted by Crippen LogP contribution is 2.23. The SMILES string of the molecule is O=C(NCCNc1ncnc2sccc12)c1nc(N2CCCC2)ncc1Cl. The van der Waals surface area contributed by atoms with E-state index in [-0.39, 0.29) is 16.6 Å². The Bertz CT molecular complexity index is 957. The average molecular weight is 404 g/mol. The summed E-state index contributed by atoms with van der Waals surface area (Å²) < 4.78 is 0. The van der Waals surface area contributed by atoms with Crippen molar-refractivity contribution in [3.8, 4) is 0 Å². The van der Waals surface area contributed by atoms with Gasteiger partial charge in [0.1, 0.15) is 17.0 Å². The van der Waals surface area contributed by atoms with Crippen LogP contribution in [0.15, 0.2) is 24.0 Å². The van der Waals surface area contributed by atoms with E-state index in [1.165, 1.54) is 12.5 Å². The number of aromatic nitrogens is 4. The Labute approximate surface area is 165 Å². The molecule has 2 N–H and O–H groups in total. The molecule has 3 aromatic rings. The number of rotatable bonds is 6. The van der Waals surface area contributed by atoms with Gasteiger partial charge in [-0.1, -0.05) is 11.6 Å². The Morgan fingerprint density at radius 3 is 2.93 bits per heavy atom. The molecule has 0 saturated carbocycles. The van der Waals surface area contributed by atoms with Crippen LogP contribution in [-0.4, -0.2) is 52.0 Å². The van der Waals surface area contributed by atoms with Crippen LogP contribution in [0.2, 0.25) is 5.02 Å². The minimum atomic E-state index is -0.312. The number of hydrogen-bond donors (Lipinski definition) is 2. The second kappa shape index (κ2) is 8.01. The molecular formula is C17H18ClN7OS. The highest BCUT2D eigenvalue weighted by atomic mass is 35.5. The van der Waals surface area contributed by atoms with Crippen LogP contribution < -0.4 is 15.5 Å². The molecule has 0 atom stereocenters. The Balaban J connectivity index is 1.35. The highest BCUT2D eigenvalue weighted by Gasteiger charge is 2.19. The largest absolute Gasteiger partial charge is 0.368 e. The van der Waals surface area contributed by atoms with Crippen molar-refractivity contribution >= 4 is 50.8 Å². The molecule has 0 radical (unpaired) electrons. The Kier molecular flexibility index (Phi) is 5.30. The predicted octanol–water partition coefficient (Wildman–Crippen LogP) is 2.58. The van der Waals surface area contributed by atoms with Crippen LogP contribution in [0, 0.1) is 0 Å². The second-order valence-electron chi connectivity index (χ2n) is 6.11. The number of nitrogens with zero attached hydrogens (tertiary/aromatic N) is 5. The van der Waals surface area contributed by atoms with E-state index < -0.39 is 0 Å². The zero-order chi connectivity index (χ0) is 18.6. The molecule has 10 heteroatoms. The van der Waals surface area contributed by atoms with Crippen molar-refractivity contribution in [3.05, 3.63) is 34.7 Å². The maximum atomic E-state index is 12.5. The molecule has 8 nitrogen and oxygen atoms in total. The van der Waals surface area contributed by atoms with Gasteiger partial charge in [-0.25, -0.2) is 19.9 Å². The third-order valence-corrected chi connectivity index (χ3v) is 5.40. The summed E-state index contributed by atoms with van der Waals surface area (Å²) in [5.74, 6) is 1.00. The van der Waals surface area contributed by atoms with E-state index in [0.717, 1.165) is 42.0 Å². The lowest BCUT2D eigenvalue weighted by atomic mass is 10.3. The van der Waals surface area contributed by atoms with Crippen molar-refractivity contribution in [2.75, 3.05) is 36.4 Å².